The fraction of sp³-hybridized carbons (Fsp3) is 0.500. The largest absolute Gasteiger partial charge is 0.338 e. The van der Waals surface area contributed by atoms with Crippen LogP contribution in [-0.4, -0.2) is 24.5 Å². The monoisotopic (exact) mass is 269 g/mol. The Morgan fingerprint density at radius 2 is 2.17 bits per heavy atom. The van der Waals surface area contributed by atoms with Crippen LogP contribution in [0.5, 0.6) is 0 Å². The van der Waals surface area contributed by atoms with Crippen molar-refractivity contribution in [2.75, 3.05) is 6.54 Å². The molecule has 0 aliphatic heterocycles. The number of rotatable bonds is 5. The SMILES string of the molecule is CCNC(=O)NC(=O)C(C)NCc1sccc1C. The van der Waals surface area contributed by atoms with E-state index in [0.717, 1.165) is 0 Å². The summed E-state index contributed by atoms with van der Waals surface area (Å²) in [5.74, 6) is -0.324. The maximum absolute atomic E-state index is 11.6. The third-order valence-electron chi connectivity index (χ3n) is 2.50. The summed E-state index contributed by atoms with van der Waals surface area (Å²) in [6.45, 7) is 6.69. The van der Waals surface area contributed by atoms with Crippen molar-refractivity contribution in [3.63, 3.8) is 0 Å². The van der Waals surface area contributed by atoms with E-state index in [0.29, 0.717) is 13.1 Å². The molecule has 6 heteroatoms. The lowest BCUT2D eigenvalue weighted by molar-refractivity contribution is -0.121. The highest BCUT2D eigenvalue weighted by Crippen LogP contribution is 2.14. The third-order valence-corrected chi connectivity index (χ3v) is 3.53. The zero-order valence-corrected chi connectivity index (χ0v) is 11.7. The first-order valence-electron chi connectivity index (χ1n) is 5.89. The van der Waals surface area contributed by atoms with Crippen molar-refractivity contribution >= 4 is 23.3 Å². The minimum atomic E-state index is -0.455. The summed E-state index contributed by atoms with van der Waals surface area (Å²) < 4.78 is 0. The molecule has 18 heavy (non-hydrogen) atoms. The summed E-state index contributed by atoms with van der Waals surface area (Å²) in [4.78, 5) is 24.0. The smallest absolute Gasteiger partial charge is 0.321 e. The average molecular weight is 269 g/mol. The molecule has 0 aliphatic carbocycles. The highest BCUT2D eigenvalue weighted by molar-refractivity contribution is 7.10. The van der Waals surface area contributed by atoms with Gasteiger partial charge in [0.2, 0.25) is 5.91 Å². The van der Waals surface area contributed by atoms with Gasteiger partial charge in [0.25, 0.3) is 0 Å². The molecule has 0 fully saturated rings. The molecule has 1 aromatic heterocycles. The summed E-state index contributed by atoms with van der Waals surface area (Å²) in [5, 5.41) is 9.90. The van der Waals surface area contributed by atoms with Gasteiger partial charge < -0.3 is 10.6 Å². The lowest BCUT2D eigenvalue weighted by Gasteiger charge is -2.13. The molecule has 0 radical (unpaired) electrons. The molecule has 5 nitrogen and oxygen atoms in total. The second kappa shape index (κ2) is 7.13. The van der Waals surface area contributed by atoms with Crippen LogP contribution in [0, 0.1) is 6.92 Å². The molecule has 0 bridgehead atoms. The van der Waals surface area contributed by atoms with Crippen molar-refractivity contribution < 1.29 is 9.59 Å². The summed E-state index contributed by atoms with van der Waals surface area (Å²) in [7, 11) is 0. The summed E-state index contributed by atoms with van der Waals surface area (Å²) in [5.41, 5.74) is 1.21. The number of carbonyl (C=O) groups is 2. The van der Waals surface area contributed by atoms with Gasteiger partial charge in [0.05, 0.1) is 6.04 Å². The second-order valence-electron chi connectivity index (χ2n) is 3.98. The van der Waals surface area contributed by atoms with Crippen LogP contribution in [0.4, 0.5) is 4.79 Å². The molecule has 0 spiro atoms. The quantitative estimate of drug-likeness (QED) is 0.756. The van der Waals surface area contributed by atoms with Crippen LogP contribution in [0.25, 0.3) is 0 Å². The molecular weight excluding hydrogens is 250 g/mol. The first-order valence-corrected chi connectivity index (χ1v) is 6.77. The first kappa shape index (κ1) is 14.7. The van der Waals surface area contributed by atoms with Crippen LogP contribution >= 0.6 is 11.3 Å². The van der Waals surface area contributed by atoms with Crippen LogP contribution in [0.2, 0.25) is 0 Å². The third kappa shape index (κ3) is 4.46. The molecule has 1 atom stereocenters. The Morgan fingerprint density at radius 1 is 1.44 bits per heavy atom. The van der Waals surface area contributed by atoms with E-state index in [1.165, 1.54) is 10.4 Å². The van der Waals surface area contributed by atoms with Gasteiger partial charge in [-0.05, 0) is 37.8 Å². The van der Waals surface area contributed by atoms with E-state index in [9.17, 15) is 9.59 Å². The summed E-state index contributed by atoms with van der Waals surface area (Å²) >= 11 is 1.65. The van der Waals surface area contributed by atoms with E-state index in [-0.39, 0.29) is 5.91 Å². The molecule has 1 heterocycles. The van der Waals surface area contributed by atoms with Crippen LogP contribution < -0.4 is 16.0 Å². The minimum absolute atomic E-state index is 0.324. The number of urea groups is 1. The van der Waals surface area contributed by atoms with E-state index < -0.39 is 12.1 Å². The maximum Gasteiger partial charge on any atom is 0.321 e. The zero-order valence-electron chi connectivity index (χ0n) is 10.9. The maximum atomic E-state index is 11.6. The van der Waals surface area contributed by atoms with Gasteiger partial charge in [0, 0.05) is 18.0 Å². The molecule has 0 aliphatic rings. The predicted molar refractivity (Wildman–Crippen MR) is 72.6 cm³/mol. The van der Waals surface area contributed by atoms with E-state index >= 15 is 0 Å². The minimum Gasteiger partial charge on any atom is -0.338 e. The van der Waals surface area contributed by atoms with Crippen LogP contribution in [0.3, 0.4) is 0 Å². The Labute approximate surface area is 111 Å². The number of amides is 3. The highest BCUT2D eigenvalue weighted by Gasteiger charge is 2.15. The molecule has 1 unspecified atom stereocenters. The van der Waals surface area contributed by atoms with Crippen molar-refractivity contribution in [3.05, 3.63) is 21.9 Å². The van der Waals surface area contributed by atoms with E-state index in [2.05, 4.69) is 16.0 Å². The van der Waals surface area contributed by atoms with Crippen LogP contribution in [0.1, 0.15) is 24.3 Å². The van der Waals surface area contributed by atoms with Gasteiger partial charge in [-0.2, -0.15) is 0 Å². The van der Waals surface area contributed by atoms with Gasteiger partial charge in [-0.25, -0.2) is 4.79 Å². The molecule has 0 aromatic carbocycles. The predicted octanol–water partition coefficient (Wildman–Crippen LogP) is 1.38. The van der Waals surface area contributed by atoms with Crippen molar-refractivity contribution in [1.82, 2.24) is 16.0 Å². The van der Waals surface area contributed by atoms with Crippen molar-refractivity contribution in [2.24, 2.45) is 0 Å². The molecule has 100 valence electrons. The Bertz CT molecular complexity index is 417. The van der Waals surface area contributed by atoms with Gasteiger partial charge in [-0.1, -0.05) is 0 Å². The Balaban J connectivity index is 2.36. The van der Waals surface area contributed by atoms with E-state index in [4.69, 9.17) is 0 Å². The molecule has 3 N–H and O–H groups in total. The number of imide groups is 1. The number of hydrogen-bond donors (Lipinski definition) is 3. The molecule has 1 rings (SSSR count). The topological polar surface area (TPSA) is 70.2 Å². The van der Waals surface area contributed by atoms with Crippen molar-refractivity contribution in [3.8, 4) is 0 Å². The van der Waals surface area contributed by atoms with Crippen molar-refractivity contribution in [1.29, 1.82) is 0 Å². The van der Waals surface area contributed by atoms with Crippen LogP contribution in [0.15, 0.2) is 11.4 Å². The fourth-order valence-corrected chi connectivity index (χ4v) is 2.21. The lowest BCUT2D eigenvalue weighted by atomic mass is 10.2. The van der Waals surface area contributed by atoms with Crippen LogP contribution in [-0.2, 0) is 11.3 Å². The number of hydrogen-bond acceptors (Lipinski definition) is 4. The van der Waals surface area contributed by atoms with Crippen molar-refractivity contribution in [2.45, 2.75) is 33.4 Å². The van der Waals surface area contributed by atoms with Gasteiger partial charge in [-0.15, -0.1) is 11.3 Å². The van der Waals surface area contributed by atoms with Gasteiger partial charge in [-0.3, -0.25) is 10.1 Å². The lowest BCUT2D eigenvalue weighted by Crippen LogP contribution is -2.47. The zero-order chi connectivity index (χ0) is 13.5. The number of thiophene rings is 1. The molecule has 1 aromatic rings. The van der Waals surface area contributed by atoms with E-state index in [1.807, 2.05) is 18.4 Å². The highest BCUT2D eigenvalue weighted by atomic mass is 32.1. The van der Waals surface area contributed by atoms with E-state index in [1.54, 1.807) is 25.2 Å². The number of aryl methyl sites for hydroxylation is 1. The first-order chi connectivity index (χ1) is 8.54. The van der Waals surface area contributed by atoms with Gasteiger partial charge >= 0.3 is 6.03 Å². The standard InChI is InChI=1S/C12H19N3O2S/c1-4-13-12(17)15-11(16)9(3)14-7-10-8(2)5-6-18-10/h5-6,9,14H,4,7H2,1-3H3,(H2,13,15,16,17). The molecule has 0 saturated carbocycles. The average Bonchev–Trinajstić information content (AvgIpc) is 2.72. The normalized spacial score (nSPS) is 11.9. The Kier molecular flexibility index (Phi) is 5.80. The summed E-state index contributed by atoms with van der Waals surface area (Å²) in [6.07, 6.45) is 0. The fourth-order valence-electron chi connectivity index (χ4n) is 1.35. The number of carbonyl (C=O) groups excluding carboxylic acids is 2. The Morgan fingerprint density at radius 3 is 2.72 bits per heavy atom. The second-order valence-corrected chi connectivity index (χ2v) is 4.98. The molecule has 3 amide bonds. The molecule has 0 saturated heterocycles. The van der Waals surface area contributed by atoms with Gasteiger partial charge in [0.1, 0.15) is 0 Å². The van der Waals surface area contributed by atoms with Gasteiger partial charge in [0.15, 0.2) is 0 Å². The summed E-state index contributed by atoms with van der Waals surface area (Å²) in [6, 6.07) is 1.18. The number of nitrogens with one attached hydrogen (secondary N) is 3. The Hall–Kier alpha value is -1.40. The molecular formula is C12H19N3O2S.